The third kappa shape index (κ3) is 3.17. The molecule has 1 heterocycles. The molecule has 5 heteroatoms. The Morgan fingerprint density at radius 1 is 1.25 bits per heavy atom. The first-order valence-electron chi connectivity index (χ1n) is 6.83. The molecule has 0 saturated heterocycles. The number of carboxylic acid groups (broad SMARTS) is 1. The van der Waals surface area contributed by atoms with Crippen LogP contribution in [-0.2, 0) is 22.6 Å². The van der Waals surface area contributed by atoms with Crippen LogP contribution in [0.25, 0.3) is 0 Å². The lowest BCUT2D eigenvalue weighted by Gasteiger charge is -2.33. The van der Waals surface area contributed by atoms with Crippen LogP contribution in [0.5, 0.6) is 0 Å². The smallest absolute Gasteiger partial charge is 0.325 e. The van der Waals surface area contributed by atoms with E-state index in [1.165, 1.54) is 18.1 Å². The van der Waals surface area contributed by atoms with Crippen molar-refractivity contribution in [3.05, 3.63) is 35.4 Å². The van der Waals surface area contributed by atoms with E-state index in [-0.39, 0.29) is 11.9 Å². The highest BCUT2D eigenvalue weighted by molar-refractivity contribution is 5.86. The number of carbonyl (C=O) groups is 2. The minimum Gasteiger partial charge on any atom is -0.480 e. The lowest BCUT2D eigenvalue weighted by atomic mass is 9.98. The van der Waals surface area contributed by atoms with Gasteiger partial charge in [-0.05, 0) is 31.4 Å². The fraction of sp³-hybridized carbons (Fsp3) is 0.467. The summed E-state index contributed by atoms with van der Waals surface area (Å²) < 4.78 is 0. The molecule has 1 aromatic carbocycles. The molecule has 108 valence electrons. The number of carboxylic acids is 1. The lowest BCUT2D eigenvalue weighted by molar-refractivity contribution is -0.142. The number of hydrogen-bond acceptors (Lipinski definition) is 3. The van der Waals surface area contributed by atoms with Gasteiger partial charge in [0.2, 0.25) is 5.91 Å². The SMILES string of the molecule is CC(NC(=O)C(C)N1CCc2ccccc2C1)C(=O)O. The van der Waals surface area contributed by atoms with Crippen molar-refractivity contribution in [1.29, 1.82) is 0 Å². The predicted molar refractivity (Wildman–Crippen MR) is 75.3 cm³/mol. The Labute approximate surface area is 118 Å². The maximum absolute atomic E-state index is 12.1. The van der Waals surface area contributed by atoms with E-state index < -0.39 is 12.0 Å². The molecule has 0 fully saturated rings. The second-order valence-corrected chi connectivity index (χ2v) is 5.23. The van der Waals surface area contributed by atoms with Gasteiger partial charge in [0.15, 0.2) is 0 Å². The molecule has 2 atom stereocenters. The number of nitrogens with zero attached hydrogens (tertiary/aromatic N) is 1. The Morgan fingerprint density at radius 2 is 1.90 bits per heavy atom. The number of benzene rings is 1. The number of nitrogens with one attached hydrogen (secondary N) is 1. The van der Waals surface area contributed by atoms with E-state index in [1.54, 1.807) is 0 Å². The van der Waals surface area contributed by atoms with Gasteiger partial charge in [0.1, 0.15) is 6.04 Å². The van der Waals surface area contributed by atoms with Crippen LogP contribution in [0.2, 0.25) is 0 Å². The highest BCUT2D eigenvalue weighted by atomic mass is 16.4. The second-order valence-electron chi connectivity index (χ2n) is 5.23. The third-order valence-electron chi connectivity index (χ3n) is 3.82. The summed E-state index contributed by atoms with van der Waals surface area (Å²) in [5.74, 6) is -1.26. The van der Waals surface area contributed by atoms with Crippen molar-refractivity contribution in [2.24, 2.45) is 0 Å². The molecule has 5 nitrogen and oxygen atoms in total. The second kappa shape index (κ2) is 6.05. The number of fused-ring (bicyclic) bond motifs is 1. The first kappa shape index (κ1) is 14.5. The Morgan fingerprint density at radius 3 is 2.55 bits per heavy atom. The molecule has 0 saturated carbocycles. The van der Waals surface area contributed by atoms with Crippen molar-refractivity contribution in [2.75, 3.05) is 6.54 Å². The van der Waals surface area contributed by atoms with Gasteiger partial charge in [-0.1, -0.05) is 24.3 Å². The zero-order valence-electron chi connectivity index (χ0n) is 11.8. The van der Waals surface area contributed by atoms with Gasteiger partial charge < -0.3 is 10.4 Å². The van der Waals surface area contributed by atoms with Crippen molar-refractivity contribution in [2.45, 2.75) is 38.9 Å². The molecule has 1 aliphatic rings. The topological polar surface area (TPSA) is 69.6 Å². The maximum atomic E-state index is 12.1. The molecule has 0 aliphatic carbocycles. The summed E-state index contributed by atoms with van der Waals surface area (Å²) in [6, 6.07) is 7.03. The molecule has 2 rings (SSSR count). The number of amides is 1. The molecule has 2 unspecified atom stereocenters. The van der Waals surface area contributed by atoms with Crippen LogP contribution >= 0.6 is 0 Å². The van der Waals surface area contributed by atoms with Crippen LogP contribution in [0, 0.1) is 0 Å². The number of aliphatic carboxylic acids is 1. The largest absolute Gasteiger partial charge is 0.480 e. The molecule has 0 aromatic heterocycles. The van der Waals surface area contributed by atoms with Gasteiger partial charge in [-0.3, -0.25) is 14.5 Å². The van der Waals surface area contributed by atoms with E-state index >= 15 is 0 Å². The van der Waals surface area contributed by atoms with E-state index in [0.29, 0.717) is 0 Å². The first-order valence-corrected chi connectivity index (χ1v) is 6.83. The van der Waals surface area contributed by atoms with Crippen LogP contribution in [-0.4, -0.2) is 40.5 Å². The standard InChI is InChI=1S/C15H20N2O3/c1-10(15(19)20)16-14(18)11(2)17-8-7-12-5-3-4-6-13(12)9-17/h3-6,10-11H,7-9H2,1-2H3,(H,16,18)(H,19,20). The molecule has 0 spiro atoms. The molecule has 20 heavy (non-hydrogen) atoms. The van der Waals surface area contributed by atoms with Crippen LogP contribution in [0.15, 0.2) is 24.3 Å². The molecule has 0 radical (unpaired) electrons. The summed E-state index contributed by atoms with van der Waals surface area (Å²) in [6.07, 6.45) is 0.919. The van der Waals surface area contributed by atoms with E-state index in [1.807, 2.05) is 19.1 Å². The molecule has 0 bridgehead atoms. The van der Waals surface area contributed by atoms with Gasteiger partial charge in [-0.2, -0.15) is 0 Å². The molecule has 1 aromatic rings. The molecule has 2 N–H and O–H groups in total. The van der Waals surface area contributed by atoms with Gasteiger partial charge in [0.05, 0.1) is 6.04 Å². The predicted octanol–water partition coefficient (Wildman–Crippen LogP) is 1.02. The van der Waals surface area contributed by atoms with Gasteiger partial charge >= 0.3 is 5.97 Å². The molecule has 1 aliphatic heterocycles. The summed E-state index contributed by atoms with van der Waals surface area (Å²) in [7, 11) is 0. The first-order chi connectivity index (χ1) is 9.49. The van der Waals surface area contributed by atoms with Crippen LogP contribution in [0.3, 0.4) is 0 Å². The number of carbonyl (C=O) groups excluding carboxylic acids is 1. The number of rotatable bonds is 4. The molecular weight excluding hydrogens is 256 g/mol. The summed E-state index contributed by atoms with van der Waals surface area (Å²) in [4.78, 5) is 24.9. The summed E-state index contributed by atoms with van der Waals surface area (Å²) >= 11 is 0. The minimum atomic E-state index is -1.02. The Kier molecular flexibility index (Phi) is 4.39. The fourth-order valence-corrected chi connectivity index (χ4v) is 2.41. The Bertz CT molecular complexity index is 516. The van der Waals surface area contributed by atoms with Gasteiger partial charge in [-0.25, -0.2) is 0 Å². The quantitative estimate of drug-likeness (QED) is 0.861. The van der Waals surface area contributed by atoms with E-state index in [2.05, 4.69) is 22.3 Å². The average Bonchev–Trinajstić information content (AvgIpc) is 2.45. The number of hydrogen-bond donors (Lipinski definition) is 2. The maximum Gasteiger partial charge on any atom is 0.325 e. The van der Waals surface area contributed by atoms with Crippen LogP contribution in [0.4, 0.5) is 0 Å². The fourth-order valence-electron chi connectivity index (χ4n) is 2.41. The van der Waals surface area contributed by atoms with Crippen molar-refractivity contribution in [3.63, 3.8) is 0 Å². The van der Waals surface area contributed by atoms with Crippen LogP contribution in [0.1, 0.15) is 25.0 Å². The van der Waals surface area contributed by atoms with Gasteiger partial charge in [0, 0.05) is 13.1 Å². The highest BCUT2D eigenvalue weighted by Crippen LogP contribution is 2.20. The molecular formula is C15H20N2O3. The van der Waals surface area contributed by atoms with E-state index in [0.717, 1.165) is 19.5 Å². The van der Waals surface area contributed by atoms with E-state index in [4.69, 9.17) is 5.11 Å². The van der Waals surface area contributed by atoms with Crippen LogP contribution < -0.4 is 5.32 Å². The van der Waals surface area contributed by atoms with Gasteiger partial charge in [0.25, 0.3) is 0 Å². The summed E-state index contributed by atoms with van der Waals surface area (Å²) in [5.41, 5.74) is 2.57. The Balaban J connectivity index is 1.99. The third-order valence-corrected chi connectivity index (χ3v) is 3.82. The van der Waals surface area contributed by atoms with Crippen molar-refractivity contribution < 1.29 is 14.7 Å². The van der Waals surface area contributed by atoms with E-state index in [9.17, 15) is 9.59 Å². The summed E-state index contributed by atoms with van der Waals surface area (Å²) in [6.45, 7) is 4.83. The zero-order chi connectivity index (χ0) is 14.7. The zero-order valence-corrected chi connectivity index (χ0v) is 11.8. The normalized spacial score (nSPS) is 17.9. The van der Waals surface area contributed by atoms with Gasteiger partial charge in [-0.15, -0.1) is 0 Å². The minimum absolute atomic E-state index is 0.237. The molecule has 1 amide bonds. The average molecular weight is 276 g/mol. The van der Waals surface area contributed by atoms with Crippen molar-refractivity contribution >= 4 is 11.9 Å². The summed E-state index contributed by atoms with van der Waals surface area (Å²) in [5, 5.41) is 11.3. The Hall–Kier alpha value is -1.88. The highest BCUT2D eigenvalue weighted by Gasteiger charge is 2.26. The van der Waals surface area contributed by atoms with Crippen molar-refractivity contribution in [3.8, 4) is 0 Å². The monoisotopic (exact) mass is 276 g/mol. The lowest BCUT2D eigenvalue weighted by Crippen LogP contribution is -2.50. The van der Waals surface area contributed by atoms with Crippen molar-refractivity contribution in [1.82, 2.24) is 10.2 Å².